The first-order valence-electron chi connectivity index (χ1n) is 5.05. The van der Waals surface area contributed by atoms with Crippen LogP contribution in [0.25, 0.3) is 11.6 Å². The molecule has 0 unspecified atom stereocenters. The molecular formula is C12H12N2S. The highest BCUT2D eigenvalue weighted by molar-refractivity contribution is 7.16. The minimum absolute atomic E-state index is 0.892. The Morgan fingerprint density at radius 3 is 2.93 bits per heavy atom. The lowest BCUT2D eigenvalue weighted by molar-refractivity contribution is 1.00. The van der Waals surface area contributed by atoms with Crippen LogP contribution in [-0.2, 0) is 6.42 Å². The van der Waals surface area contributed by atoms with Crippen molar-refractivity contribution >= 4 is 28.0 Å². The molecule has 1 aliphatic rings. The molecule has 0 radical (unpaired) electrons. The van der Waals surface area contributed by atoms with Crippen LogP contribution in [0.5, 0.6) is 0 Å². The highest BCUT2D eigenvalue weighted by atomic mass is 32.1. The van der Waals surface area contributed by atoms with Gasteiger partial charge in [-0.05, 0) is 48.3 Å². The molecular weight excluding hydrogens is 204 g/mol. The Morgan fingerprint density at radius 2 is 2.13 bits per heavy atom. The van der Waals surface area contributed by atoms with Crippen LogP contribution in [0.1, 0.15) is 22.6 Å². The van der Waals surface area contributed by atoms with Crippen molar-refractivity contribution in [1.29, 1.82) is 0 Å². The van der Waals surface area contributed by atoms with E-state index in [1.807, 2.05) is 12.3 Å². The predicted octanol–water partition coefficient (Wildman–Crippen LogP) is 3.15. The Hall–Kier alpha value is -1.48. The molecule has 0 bridgehead atoms. The van der Waals surface area contributed by atoms with Gasteiger partial charge in [0, 0.05) is 16.8 Å². The number of hydrogen-bond acceptors (Lipinski definition) is 2. The molecule has 2 heterocycles. The van der Waals surface area contributed by atoms with E-state index in [4.69, 9.17) is 5.73 Å². The number of anilines is 1. The SMILES string of the molecule is Nc1ccc(C2=Cc3[nH]ccc3CC2)s1. The van der Waals surface area contributed by atoms with Gasteiger partial charge in [0.25, 0.3) is 0 Å². The van der Waals surface area contributed by atoms with Gasteiger partial charge in [0.2, 0.25) is 0 Å². The third kappa shape index (κ3) is 1.49. The van der Waals surface area contributed by atoms with Crippen molar-refractivity contribution < 1.29 is 0 Å². The Balaban J connectivity index is 2.03. The molecule has 0 fully saturated rings. The van der Waals surface area contributed by atoms with E-state index in [2.05, 4.69) is 23.2 Å². The number of H-pyrrole nitrogens is 1. The van der Waals surface area contributed by atoms with Crippen molar-refractivity contribution in [2.45, 2.75) is 12.8 Å². The third-order valence-corrected chi connectivity index (χ3v) is 3.78. The van der Waals surface area contributed by atoms with E-state index >= 15 is 0 Å². The van der Waals surface area contributed by atoms with Crippen LogP contribution < -0.4 is 5.73 Å². The quantitative estimate of drug-likeness (QED) is 0.755. The predicted molar refractivity (Wildman–Crippen MR) is 65.7 cm³/mol. The molecule has 3 rings (SSSR count). The van der Waals surface area contributed by atoms with Gasteiger partial charge in [0.1, 0.15) is 0 Å². The molecule has 15 heavy (non-hydrogen) atoms. The smallest absolute Gasteiger partial charge is 0.0862 e. The Morgan fingerprint density at radius 1 is 1.20 bits per heavy atom. The van der Waals surface area contributed by atoms with Crippen molar-refractivity contribution in [2.24, 2.45) is 0 Å². The largest absolute Gasteiger partial charge is 0.391 e. The normalized spacial score (nSPS) is 14.8. The van der Waals surface area contributed by atoms with Crippen LogP contribution in [0.2, 0.25) is 0 Å². The van der Waals surface area contributed by atoms with E-state index in [-0.39, 0.29) is 0 Å². The molecule has 3 heteroatoms. The molecule has 0 aromatic carbocycles. The number of aryl methyl sites for hydroxylation is 1. The summed E-state index contributed by atoms with van der Waals surface area (Å²) in [5, 5.41) is 0.892. The lowest BCUT2D eigenvalue weighted by atomic mass is 9.96. The van der Waals surface area contributed by atoms with Gasteiger partial charge in [-0.15, -0.1) is 11.3 Å². The van der Waals surface area contributed by atoms with E-state index < -0.39 is 0 Å². The number of allylic oxidation sites excluding steroid dienone is 1. The second-order valence-corrected chi connectivity index (χ2v) is 4.90. The summed E-state index contributed by atoms with van der Waals surface area (Å²) < 4.78 is 0. The van der Waals surface area contributed by atoms with Crippen LogP contribution in [0, 0.1) is 0 Å². The van der Waals surface area contributed by atoms with Gasteiger partial charge in [0.05, 0.1) is 5.00 Å². The van der Waals surface area contributed by atoms with Crippen LogP contribution in [-0.4, -0.2) is 4.98 Å². The molecule has 2 nitrogen and oxygen atoms in total. The van der Waals surface area contributed by atoms with Crippen LogP contribution in [0.3, 0.4) is 0 Å². The van der Waals surface area contributed by atoms with Crippen molar-refractivity contribution in [2.75, 3.05) is 5.73 Å². The van der Waals surface area contributed by atoms with Gasteiger partial charge in [-0.3, -0.25) is 0 Å². The van der Waals surface area contributed by atoms with E-state index in [0.29, 0.717) is 0 Å². The number of thiophene rings is 1. The van der Waals surface area contributed by atoms with Crippen LogP contribution >= 0.6 is 11.3 Å². The summed E-state index contributed by atoms with van der Waals surface area (Å²) in [6.07, 6.45) is 6.49. The van der Waals surface area contributed by atoms with Gasteiger partial charge < -0.3 is 10.7 Å². The minimum Gasteiger partial charge on any atom is -0.391 e. The van der Waals surface area contributed by atoms with E-state index in [1.165, 1.54) is 21.7 Å². The lowest BCUT2D eigenvalue weighted by Gasteiger charge is -2.11. The highest BCUT2D eigenvalue weighted by Crippen LogP contribution is 2.34. The van der Waals surface area contributed by atoms with E-state index in [9.17, 15) is 0 Å². The summed E-state index contributed by atoms with van der Waals surface area (Å²) in [7, 11) is 0. The Bertz CT molecular complexity index is 519. The summed E-state index contributed by atoms with van der Waals surface area (Å²) in [6.45, 7) is 0. The fourth-order valence-electron chi connectivity index (χ4n) is 2.00. The molecule has 76 valence electrons. The van der Waals surface area contributed by atoms with Gasteiger partial charge in [-0.2, -0.15) is 0 Å². The van der Waals surface area contributed by atoms with Crippen molar-refractivity contribution in [3.63, 3.8) is 0 Å². The number of aromatic nitrogens is 1. The van der Waals surface area contributed by atoms with E-state index in [1.54, 1.807) is 11.3 Å². The zero-order valence-electron chi connectivity index (χ0n) is 8.29. The second-order valence-electron chi connectivity index (χ2n) is 3.79. The fourth-order valence-corrected chi connectivity index (χ4v) is 2.82. The number of fused-ring (bicyclic) bond motifs is 1. The standard InChI is InChI=1S/C12H12N2S/c13-12-4-3-11(15-12)9-2-1-8-5-6-14-10(8)7-9/h3-7,14H,1-2,13H2. The topological polar surface area (TPSA) is 41.8 Å². The molecule has 0 amide bonds. The maximum atomic E-state index is 5.74. The first-order valence-corrected chi connectivity index (χ1v) is 5.87. The number of rotatable bonds is 1. The number of nitrogens with two attached hydrogens (primary N) is 1. The zero-order valence-corrected chi connectivity index (χ0v) is 9.10. The molecule has 0 atom stereocenters. The van der Waals surface area contributed by atoms with E-state index in [0.717, 1.165) is 17.8 Å². The minimum atomic E-state index is 0.892. The second kappa shape index (κ2) is 3.28. The molecule has 2 aromatic rings. The summed E-state index contributed by atoms with van der Waals surface area (Å²) in [6, 6.07) is 6.25. The highest BCUT2D eigenvalue weighted by Gasteiger charge is 2.13. The number of aromatic amines is 1. The maximum Gasteiger partial charge on any atom is 0.0862 e. The Kier molecular flexibility index (Phi) is 1.92. The Labute approximate surface area is 92.4 Å². The van der Waals surface area contributed by atoms with Gasteiger partial charge in [0.15, 0.2) is 0 Å². The van der Waals surface area contributed by atoms with Gasteiger partial charge in [-0.25, -0.2) is 0 Å². The molecule has 3 N–H and O–H groups in total. The van der Waals surface area contributed by atoms with Crippen molar-refractivity contribution in [1.82, 2.24) is 4.98 Å². The fraction of sp³-hybridized carbons (Fsp3) is 0.167. The van der Waals surface area contributed by atoms with Gasteiger partial charge in [-0.1, -0.05) is 0 Å². The zero-order chi connectivity index (χ0) is 10.3. The molecule has 2 aromatic heterocycles. The third-order valence-electron chi connectivity index (χ3n) is 2.79. The van der Waals surface area contributed by atoms with Crippen LogP contribution in [0.15, 0.2) is 24.4 Å². The number of nitrogens with one attached hydrogen (secondary N) is 1. The van der Waals surface area contributed by atoms with Crippen LogP contribution in [0.4, 0.5) is 5.00 Å². The monoisotopic (exact) mass is 216 g/mol. The molecule has 0 spiro atoms. The maximum absolute atomic E-state index is 5.74. The summed E-state index contributed by atoms with van der Waals surface area (Å²) >= 11 is 1.67. The molecule has 0 saturated carbocycles. The van der Waals surface area contributed by atoms with Gasteiger partial charge >= 0.3 is 0 Å². The average Bonchev–Trinajstić information content (AvgIpc) is 2.84. The first-order chi connectivity index (χ1) is 7.33. The molecule has 0 aliphatic heterocycles. The summed E-state index contributed by atoms with van der Waals surface area (Å²) in [5.74, 6) is 0. The first kappa shape index (κ1) is 8.80. The number of nitrogen functional groups attached to an aromatic ring is 1. The lowest BCUT2D eigenvalue weighted by Crippen LogP contribution is -1.95. The average molecular weight is 216 g/mol. The number of hydrogen-bond donors (Lipinski definition) is 2. The van der Waals surface area contributed by atoms with Crippen molar-refractivity contribution in [3.8, 4) is 0 Å². The summed E-state index contributed by atoms with van der Waals surface area (Å²) in [5.41, 5.74) is 9.81. The molecule has 0 saturated heterocycles. The molecule has 1 aliphatic carbocycles. The van der Waals surface area contributed by atoms with Crippen molar-refractivity contribution in [3.05, 3.63) is 40.5 Å². The summed E-state index contributed by atoms with van der Waals surface area (Å²) in [4.78, 5) is 4.56.